The van der Waals surface area contributed by atoms with Crippen LogP contribution in [-0.2, 0) is 6.42 Å². The van der Waals surface area contributed by atoms with Crippen molar-refractivity contribution in [1.82, 2.24) is 0 Å². The lowest BCUT2D eigenvalue weighted by Gasteiger charge is -2.07. The number of hydrogen-bond donors (Lipinski definition) is 2. The standard InChI is InChI=1S/C26H45NO2/c1-2-3-4-5-6-7-8-9-10-11-12-13-14-15-16-17-18-19-23-20-21-24(26(28)29)22-25(23)27/h20-22H,2-19,27H2,1H3,(H,28,29). The zero-order chi connectivity index (χ0) is 21.2. The fraction of sp³-hybridized carbons (Fsp3) is 0.731. The number of nitrogen functional groups attached to an aromatic ring is 1. The predicted molar refractivity (Wildman–Crippen MR) is 126 cm³/mol. The number of unbranched alkanes of at least 4 members (excludes halogenated alkanes) is 16. The largest absolute Gasteiger partial charge is 0.478 e. The molecule has 0 heterocycles. The molecule has 1 aromatic rings. The number of carbonyl (C=O) groups is 1. The van der Waals surface area contributed by atoms with E-state index in [1.54, 1.807) is 12.1 Å². The second-order valence-electron chi connectivity index (χ2n) is 8.63. The Morgan fingerprint density at radius 1 is 0.724 bits per heavy atom. The van der Waals surface area contributed by atoms with Gasteiger partial charge in [0.2, 0.25) is 0 Å². The SMILES string of the molecule is CCCCCCCCCCCCCCCCCCCc1ccc(C(=O)O)cc1N. The number of hydrogen-bond acceptors (Lipinski definition) is 2. The molecule has 3 heteroatoms. The first-order valence-corrected chi connectivity index (χ1v) is 12.3. The highest BCUT2D eigenvalue weighted by atomic mass is 16.4. The summed E-state index contributed by atoms with van der Waals surface area (Å²) in [6.07, 6.45) is 24.4. The van der Waals surface area contributed by atoms with Crippen molar-refractivity contribution in [2.45, 2.75) is 122 Å². The molecule has 29 heavy (non-hydrogen) atoms. The van der Waals surface area contributed by atoms with E-state index in [1.807, 2.05) is 6.07 Å². The average molecular weight is 404 g/mol. The highest BCUT2D eigenvalue weighted by Crippen LogP contribution is 2.18. The summed E-state index contributed by atoms with van der Waals surface area (Å²) in [7, 11) is 0. The second-order valence-corrected chi connectivity index (χ2v) is 8.63. The summed E-state index contributed by atoms with van der Waals surface area (Å²) in [4.78, 5) is 10.9. The van der Waals surface area contributed by atoms with Crippen molar-refractivity contribution in [2.24, 2.45) is 0 Å². The lowest BCUT2D eigenvalue weighted by Crippen LogP contribution is -2.01. The van der Waals surface area contributed by atoms with E-state index in [4.69, 9.17) is 10.8 Å². The van der Waals surface area contributed by atoms with Crippen LogP contribution in [0.5, 0.6) is 0 Å². The molecule has 1 rings (SSSR count). The smallest absolute Gasteiger partial charge is 0.335 e. The Morgan fingerprint density at radius 2 is 1.14 bits per heavy atom. The quantitative estimate of drug-likeness (QED) is 0.181. The van der Waals surface area contributed by atoms with E-state index in [2.05, 4.69) is 6.92 Å². The van der Waals surface area contributed by atoms with Crippen molar-refractivity contribution >= 4 is 11.7 Å². The first kappa shape index (κ1) is 25.5. The highest BCUT2D eigenvalue weighted by Gasteiger charge is 2.06. The molecule has 0 aromatic heterocycles. The number of aryl methyl sites for hydroxylation is 1. The molecular weight excluding hydrogens is 358 g/mol. The molecule has 3 nitrogen and oxygen atoms in total. The maximum absolute atomic E-state index is 10.9. The van der Waals surface area contributed by atoms with Crippen molar-refractivity contribution in [1.29, 1.82) is 0 Å². The first-order valence-electron chi connectivity index (χ1n) is 12.3. The van der Waals surface area contributed by atoms with Gasteiger partial charge in [-0.3, -0.25) is 0 Å². The molecule has 0 aliphatic carbocycles. The van der Waals surface area contributed by atoms with E-state index in [0.29, 0.717) is 5.69 Å². The van der Waals surface area contributed by atoms with Crippen molar-refractivity contribution in [2.75, 3.05) is 5.73 Å². The number of carboxylic acids is 1. The van der Waals surface area contributed by atoms with Crippen molar-refractivity contribution in [3.63, 3.8) is 0 Å². The van der Waals surface area contributed by atoms with Crippen molar-refractivity contribution in [3.05, 3.63) is 29.3 Å². The Bertz CT molecular complexity index is 542. The van der Waals surface area contributed by atoms with Gasteiger partial charge in [0.15, 0.2) is 0 Å². The summed E-state index contributed by atoms with van der Waals surface area (Å²) in [5.41, 5.74) is 7.93. The minimum Gasteiger partial charge on any atom is -0.478 e. The molecule has 0 radical (unpaired) electrons. The van der Waals surface area contributed by atoms with Gasteiger partial charge in [-0.2, -0.15) is 0 Å². The first-order chi connectivity index (χ1) is 14.1. The number of anilines is 1. The molecule has 0 bridgehead atoms. The van der Waals surface area contributed by atoms with Crippen LogP contribution in [-0.4, -0.2) is 11.1 Å². The molecule has 0 atom stereocenters. The van der Waals surface area contributed by atoms with Gasteiger partial charge < -0.3 is 10.8 Å². The van der Waals surface area contributed by atoms with Gasteiger partial charge in [-0.05, 0) is 30.5 Å². The van der Waals surface area contributed by atoms with Crippen LogP contribution in [0.25, 0.3) is 0 Å². The molecule has 3 N–H and O–H groups in total. The lowest BCUT2D eigenvalue weighted by molar-refractivity contribution is 0.0697. The second kappa shape index (κ2) is 17.4. The van der Waals surface area contributed by atoms with Crippen LogP contribution in [0.15, 0.2) is 18.2 Å². The van der Waals surface area contributed by atoms with Gasteiger partial charge in [0.1, 0.15) is 0 Å². The summed E-state index contributed by atoms with van der Waals surface area (Å²) in [5.74, 6) is -0.916. The molecule has 0 saturated heterocycles. The van der Waals surface area contributed by atoms with Gasteiger partial charge in [0, 0.05) is 5.69 Å². The predicted octanol–water partition coefficient (Wildman–Crippen LogP) is 8.16. The summed E-state index contributed by atoms with van der Waals surface area (Å²) in [5, 5.41) is 8.98. The van der Waals surface area contributed by atoms with Gasteiger partial charge >= 0.3 is 5.97 Å². The Balaban J connectivity index is 1.85. The fourth-order valence-electron chi connectivity index (χ4n) is 4.00. The van der Waals surface area contributed by atoms with E-state index in [9.17, 15) is 4.79 Å². The minimum absolute atomic E-state index is 0.272. The van der Waals surface area contributed by atoms with Gasteiger partial charge in [-0.25, -0.2) is 4.79 Å². The van der Waals surface area contributed by atoms with E-state index >= 15 is 0 Å². The van der Waals surface area contributed by atoms with Crippen molar-refractivity contribution in [3.8, 4) is 0 Å². The van der Waals surface area contributed by atoms with E-state index in [1.165, 1.54) is 103 Å². The Kier molecular flexibility index (Phi) is 15.3. The lowest BCUT2D eigenvalue weighted by atomic mass is 10.0. The van der Waals surface area contributed by atoms with Crippen LogP contribution in [0.2, 0.25) is 0 Å². The monoisotopic (exact) mass is 403 g/mol. The topological polar surface area (TPSA) is 63.3 Å². The number of nitrogens with two attached hydrogens (primary N) is 1. The third-order valence-electron chi connectivity index (χ3n) is 5.94. The van der Waals surface area contributed by atoms with Crippen LogP contribution in [0.3, 0.4) is 0 Å². The fourth-order valence-corrected chi connectivity index (χ4v) is 4.00. The minimum atomic E-state index is -0.916. The molecule has 0 spiro atoms. The maximum Gasteiger partial charge on any atom is 0.335 e. The molecule has 0 amide bonds. The van der Waals surface area contributed by atoms with Crippen LogP contribution in [0.1, 0.15) is 132 Å². The van der Waals surface area contributed by atoms with Crippen LogP contribution in [0.4, 0.5) is 5.69 Å². The molecule has 0 saturated carbocycles. The summed E-state index contributed by atoms with van der Waals surface area (Å²) in [6.45, 7) is 2.28. The van der Waals surface area contributed by atoms with Crippen LogP contribution in [0, 0.1) is 0 Å². The molecule has 0 aliphatic rings. The van der Waals surface area contributed by atoms with Crippen LogP contribution < -0.4 is 5.73 Å². The zero-order valence-corrected chi connectivity index (χ0v) is 18.9. The third-order valence-corrected chi connectivity index (χ3v) is 5.94. The number of carboxylic acid groups (broad SMARTS) is 1. The molecule has 166 valence electrons. The summed E-state index contributed by atoms with van der Waals surface area (Å²) in [6, 6.07) is 5.10. The van der Waals surface area contributed by atoms with Gasteiger partial charge in [-0.15, -0.1) is 0 Å². The van der Waals surface area contributed by atoms with E-state index in [0.717, 1.165) is 18.4 Å². The Labute approximate surface area is 179 Å². The van der Waals surface area contributed by atoms with Gasteiger partial charge in [0.25, 0.3) is 0 Å². The number of aromatic carboxylic acids is 1. The molecule has 0 aliphatic heterocycles. The normalized spacial score (nSPS) is 11.1. The molecule has 0 fully saturated rings. The summed E-state index contributed by atoms with van der Waals surface area (Å²) >= 11 is 0. The number of rotatable bonds is 19. The Morgan fingerprint density at radius 3 is 1.52 bits per heavy atom. The molecule has 0 unspecified atom stereocenters. The average Bonchev–Trinajstić information content (AvgIpc) is 2.71. The van der Waals surface area contributed by atoms with Gasteiger partial charge in [0.05, 0.1) is 5.56 Å². The molecular formula is C26H45NO2. The third kappa shape index (κ3) is 13.4. The Hall–Kier alpha value is -1.51. The van der Waals surface area contributed by atoms with Gasteiger partial charge in [-0.1, -0.05) is 116 Å². The van der Waals surface area contributed by atoms with Crippen LogP contribution >= 0.6 is 0 Å². The van der Waals surface area contributed by atoms with Crippen molar-refractivity contribution < 1.29 is 9.90 Å². The highest BCUT2D eigenvalue weighted by molar-refractivity contribution is 5.88. The zero-order valence-electron chi connectivity index (χ0n) is 18.9. The summed E-state index contributed by atoms with van der Waals surface area (Å²) < 4.78 is 0. The van der Waals surface area contributed by atoms with E-state index < -0.39 is 5.97 Å². The molecule has 1 aromatic carbocycles. The number of benzene rings is 1. The van der Waals surface area contributed by atoms with E-state index in [-0.39, 0.29) is 5.56 Å². The maximum atomic E-state index is 10.9.